The van der Waals surface area contributed by atoms with Crippen LogP contribution < -0.4 is 11.1 Å². The quantitative estimate of drug-likeness (QED) is 0.731. The van der Waals surface area contributed by atoms with Gasteiger partial charge in [-0.3, -0.25) is 9.89 Å². The summed E-state index contributed by atoms with van der Waals surface area (Å²) in [5, 5.41) is 9.42. The molecule has 17 heavy (non-hydrogen) atoms. The molecule has 1 heterocycles. The molecule has 1 saturated carbocycles. The fourth-order valence-electron chi connectivity index (χ4n) is 2.39. The number of nitrogens with one attached hydrogen (secondary N) is 2. The summed E-state index contributed by atoms with van der Waals surface area (Å²) in [4.78, 5) is 11.8. The summed E-state index contributed by atoms with van der Waals surface area (Å²) in [7, 11) is 0. The maximum atomic E-state index is 11.8. The van der Waals surface area contributed by atoms with E-state index in [9.17, 15) is 4.79 Å². The van der Waals surface area contributed by atoms with Crippen molar-refractivity contribution >= 4 is 5.91 Å². The number of nitrogens with zero attached hydrogens (tertiary/aromatic N) is 1. The Bertz CT molecular complexity index is 355. The second-order valence-corrected chi connectivity index (χ2v) is 4.98. The van der Waals surface area contributed by atoms with Crippen LogP contribution in [0.25, 0.3) is 0 Å². The molecule has 0 unspecified atom stereocenters. The Labute approximate surface area is 101 Å². The summed E-state index contributed by atoms with van der Waals surface area (Å²) < 4.78 is 0. The van der Waals surface area contributed by atoms with Crippen LogP contribution in [0.2, 0.25) is 0 Å². The fourth-order valence-corrected chi connectivity index (χ4v) is 2.39. The average Bonchev–Trinajstić information content (AvgIpc) is 2.79. The van der Waals surface area contributed by atoms with Crippen molar-refractivity contribution in [2.45, 2.75) is 50.6 Å². The van der Waals surface area contributed by atoms with E-state index in [0.717, 1.165) is 31.2 Å². The predicted molar refractivity (Wildman–Crippen MR) is 65.1 cm³/mol. The number of H-pyrrole nitrogens is 1. The van der Waals surface area contributed by atoms with E-state index in [1.807, 2.05) is 0 Å². The first kappa shape index (κ1) is 12.1. The summed E-state index contributed by atoms with van der Waals surface area (Å²) in [6, 6.07) is 0. The third-order valence-corrected chi connectivity index (χ3v) is 3.41. The summed E-state index contributed by atoms with van der Waals surface area (Å²) in [5.74, 6) is 0.0376. The number of rotatable bonds is 4. The minimum atomic E-state index is -0.279. The molecular formula is C12H20N4O. The Kier molecular flexibility index (Phi) is 3.78. The van der Waals surface area contributed by atoms with E-state index < -0.39 is 0 Å². The molecule has 1 aromatic heterocycles. The Morgan fingerprint density at radius 2 is 2.24 bits per heavy atom. The van der Waals surface area contributed by atoms with Crippen molar-refractivity contribution < 1.29 is 4.79 Å². The largest absolute Gasteiger partial charge is 0.352 e. The highest BCUT2D eigenvalue weighted by molar-refractivity contribution is 5.77. The molecule has 1 fully saturated rings. The molecule has 94 valence electrons. The Morgan fingerprint density at radius 1 is 1.47 bits per heavy atom. The summed E-state index contributed by atoms with van der Waals surface area (Å²) >= 11 is 0. The smallest absolute Gasteiger partial charge is 0.222 e. The lowest BCUT2D eigenvalue weighted by Gasteiger charge is -2.32. The number of carbonyl (C=O) groups is 1. The second kappa shape index (κ2) is 5.31. The van der Waals surface area contributed by atoms with Crippen LogP contribution in [-0.4, -0.2) is 21.6 Å². The number of hydrogen-bond acceptors (Lipinski definition) is 3. The molecule has 0 aromatic carbocycles. The van der Waals surface area contributed by atoms with Crippen molar-refractivity contribution in [1.29, 1.82) is 0 Å². The number of nitrogens with two attached hydrogens (primary N) is 1. The van der Waals surface area contributed by atoms with Crippen molar-refractivity contribution in [3.8, 4) is 0 Å². The van der Waals surface area contributed by atoms with Crippen LogP contribution in [0.5, 0.6) is 0 Å². The van der Waals surface area contributed by atoms with Crippen LogP contribution in [0.3, 0.4) is 0 Å². The van der Waals surface area contributed by atoms with E-state index in [4.69, 9.17) is 5.73 Å². The van der Waals surface area contributed by atoms with Gasteiger partial charge in [-0.1, -0.05) is 19.3 Å². The van der Waals surface area contributed by atoms with Crippen molar-refractivity contribution in [2.24, 2.45) is 5.73 Å². The maximum absolute atomic E-state index is 11.8. The average molecular weight is 236 g/mol. The van der Waals surface area contributed by atoms with Gasteiger partial charge in [0.1, 0.15) is 0 Å². The molecule has 0 bridgehead atoms. The fraction of sp³-hybridized carbons (Fsp3) is 0.667. The van der Waals surface area contributed by atoms with E-state index in [-0.39, 0.29) is 11.4 Å². The van der Waals surface area contributed by atoms with E-state index >= 15 is 0 Å². The normalized spacial score (nSPS) is 18.9. The molecule has 4 N–H and O–H groups in total. The van der Waals surface area contributed by atoms with Gasteiger partial charge in [-0.15, -0.1) is 0 Å². The predicted octanol–water partition coefficient (Wildman–Crippen LogP) is 1.08. The molecule has 1 aromatic rings. The SMILES string of the molecule is NC1(CC(=O)NCc2cn[nH]c2)CCCCC1. The standard InChI is InChI=1S/C12H20N4O/c13-12(4-2-1-3-5-12)6-11(17)14-7-10-8-15-16-9-10/h8-9H,1-7,13H2,(H,14,17)(H,15,16). The van der Waals surface area contributed by atoms with E-state index in [2.05, 4.69) is 15.5 Å². The summed E-state index contributed by atoms with van der Waals surface area (Å²) in [6.07, 6.45) is 9.38. The van der Waals surface area contributed by atoms with Crippen LogP contribution >= 0.6 is 0 Å². The number of amides is 1. The van der Waals surface area contributed by atoms with Crippen LogP contribution in [0.15, 0.2) is 12.4 Å². The van der Waals surface area contributed by atoms with Crippen molar-refractivity contribution in [1.82, 2.24) is 15.5 Å². The molecule has 1 aliphatic rings. The first-order chi connectivity index (χ1) is 8.18. The zero-order chi connectivity index (χ0) is 12.1. The lowest BCUT2D eigenvalue weighted by atomic mass is 9.80. The highest BCUT2D eigenvalue weighted by Gasteiger charge is 2.29. The van der Waals surface area contributed by atoms with Crippen molar-refractivity contribution in [2.75, 3.05) is 0 Å². The van der Waals surface area contributed by atoms with Gasteiger partial charge in [0.05, 0.1) is 6.20 Å². The third kappa shape index (κ3) is 3.56. The van der Waals surface area contributed by atoms with Gasteiger partial charge >= 0.3 is 0 Å². The van der Waals surface area contributed by atoms with E-state index in [1.165, 1.54) is 6.42 Å². The zero-order valence-corrected chi connectivity index (χ0v) is 10.0. The molecule has 2 rings (SSSR count). The minimum absolute atomic E-state index is 0.0376. The highest BCUT2D eigenvalue weighted by atomic mass is 16.1. The van der Waals surface area contributed by atoms with Gasteiger partial charge in [-0.05, 0) is 12.8 Å². The van der Waals surface area contributed by atoms with Crippen LogP contribution in [-0.2, 0) is 11.3 Å². The number of carbonyl (C=O) groups excluding carboxylic acids is 1. The monoisotopic (exact) mass is 236 g/mol. The Balaban J connectivity index is 1.76. The third-order valence-electron chi connectivity index (χ3n) is 3.41. The number of hydrogen-bond donors (Lipinski definition) is 3. The van der Waals surface area contributed by atoms with Gasteiger partial charge < -0.3 is 11.1 Å². The molecule has 0 saturated heterocycles. The van der Waals surface area contributed by atoms with Crippen LogP contribution in [0.1, 0.15) is 44.1 Å². The van der Waals surface area contributed by atoms with Gasteiger partial charge in [-0.2, -0.15) is 5.10 Å². The summed E-state index contributed by atoms with van der Waals surface area (Å²) in [5.41, 5.74) is 6.93. The molecule has 1 aliphatic carbocycles. The van der Waals surface area contributed by atoms with Gasteiger partial charge in [0.25, 0.3) is 0 Å². The highest BCUT2D eigenvalue weighted by Crippen LogP contribution is 2.28. The van der Waals surface area contributed by atoms with E-state index in [0.29, 0.717) is 13.0 Å². The topological polar surface area (TPSA) is 83.8 Å². The Hall–Kier alpha value is -1.36. The van der Waals surface area contributed by atoms with Crippen LogP contribution in [0.4, 0.5) is 0 Å². The zero-order valence-electron chi connectivity index (χ0n) is 10.0. The molecule has 5 heteroatoms. The molecular weight excluding hydrogens is 216 g/mol. The molecule has 0 atom stereocenters. The minimum Gasteiger partial charge on any atom is -0.352 e. The second-order valence-electron chi connectivity index (χ2n) is 4.98. The van der Waals surface area contributed by atoms with Crippen molar-refractivity contribution in [3.05, 3.63) is 18.0 Å². The van der Waals surface area contributed by atoms with Gasteiger partial charge in [0, 0.05) is 30.3 Å². The molecule has 5 nitrogen and oxygen atoms in total. The Morgan fingerprint density at radius 3 is 2.88 bits per heavy atom. The maximum Gasteiger partial charge on any atom is 0.222 e. The van der Waals surface area contributed by atoms with Crippen molar-refractivity contribution in [3.63, 3.8) is 0 Å². The molecule has 0 spiro atoms. The first-order valence-corrected chi connectivity index (χ1v) is 6.21. The van der Waals surface area contributed by atoms with Gasteiger partial charge in [-0.25, -0.2) is 0 Å². The molecule has 1 amide bonds. The molecule has 0 aliphatic heterocycles. The lowest BCUT2D eigenvalue weighted by molar-refractivity contribution is -0.122. The van der Waals surface area contributed by atoms with Crippen LogP contribution in [0, 0.1) is 0 Å². The lowest BCUT2D eigenvalue weighted by Crippen LogP contribution is -2.45. The molecule has 0 radical (unpaired) electrons. The first-order valence-electron chi connectivity index (χ1n) is 6.21. The van der Waals surface area contributed by atoms with Gasteiger partial charge in [0.15, 0.2) is 0 Å². The number of aromatic nitrogens is 2. The summed E-state index contributed by atoms with van der Waals surface area (Å²) in [6.45, 7) is 0.519. The van der Waals surface area contributed by atoms with Gasteiger partial charge in [0.2, 0.25) is 5.91 Å². The van der Waals surface area contributed by atoms with E-state index in [1.54, 1.807) is 12.4 Å². The number of aromatic amines is 1.